The number of hydrogen-bond donors (Lipinski definition) is 1. The van der Waals surface area contributed by atoms with Gasteiger partial charge in [0.25, 0.3) is 0 Å². The zero-order valence-corrected chi connectivity index (χ0v) is 16.0. The van der Waals surface area contributed by atoms with Gasteiger partial charge in [-0.15, -0.1) is 0 Å². The van der Waals surface area contributed by atoms with Gasteiger partial charge in [-0.05, 0) is 41.3 Å². The largest absolute Gasteiger partial charge is 0.497 e. The highest BCUT2D eigenvalue weighted by atomic mass is 16.5. The Balaban J connectivity index is 2.10. The topological polar surface area (TPSA) is 113 Å². The number of amides is 1. The molecule has 0 radical (unpaired) electrons. The summed E-state index contributed by atoms with van der Waals surface area (Å²) < 4.78 is 15.6. The third-order valence-electron chi connectivity index (χ3n) is 4.79. The van der Waals surface area contributed by atoms with E-state index in [-0.39, 0.29) is 16.7 Å². The van der Waals surface area contributed by atoms with Crippen LogP contribution in [0.15, 0.2) is 79.1 Å². The second-order valence-electron chi connectivity index (χ2n) is 6.64. The zero-order chi connectivity index (χ0) is 21.3. The van der Waals surface area contributed by atoms with Crippen molar-refractivity contribution in [1.82, 2.24) is 0 Å². The van der Waals surface area contributed by atoms with Crippen molar-refractivity contribution in [3.63, 3.8) is 0 Å². The molecule has 0 bridgehead atoms. The minimum absolute atomic E-state index is 0.0315. The molecule has 7 heteroatoms. The molecule has 0 fully saturated rings. The number of ether oxygens (including phenoxy) is 1. The lowest BCUT2D eigenvalue weighted by atomic mass is 9.89. The molecule has 0 spiro atoms. The van der Waals surface area contributed by atoms with Crippen LogP contribution in [0.1, 0.15) is 21.5 Å². The quantitative estimate of drug-likeness (QED) is 0.512. The minimum atomic E-state index is -1.16. The van der Waals surface area contributed by atoms with Crippen LogP contribution in [0.25, 0.3) is 22.3 Å². The molecule has 3 aromatic carbocycles. The van der Waals surface area contributed by atoms with E-state index in [9.17, 15) is 14.4 Å². The molecule has 1 heterocycles. The van der Waals surface area contributed by atoms with Gasteiger partial charge in [0.2, 0.25) is 5.91 Å². The van der Waals surface area contributed by atoms with Crippen LogP contribution >= 0.6 is 0 Å². The van der Waals surface area contributed by atoms with Gasteiger partial charge in [0.15, 0.2) is 11.2 Å². The summed E-state index contributed by atoms with van der Waals surface area (Å²) in [5, 5.41) is 0. The fraction of sp³-hybridized carbons (Fsp3) is 0.0870. The van der Waals surface area contributed by atoms with E-state index in [1.807, 2.05) is 30.3 Å². The highest BCUT2D eigenvalue weighted by Crippen LogP contribution is 2.36. The van der Waals surface area contributed by atoms with E-state index in [2.05, 4.69) is 0 Å². The number of carbonyl (C=O) groups excluding carboxylic acids is 1. The Morgan fingerprint density at radius 2 is 1.63 bits per heavy atom. The molecule has 0 unspecified atom stereocenters. The summed E-state index contributed by atoms with van der Waals surface area (Å²) in [6, 6.07) is 17.8. The Morgan fingerprint density at radius 3 is 2.27 bits per heavy atom. The van der Waals surface area contributed by atoms with Crippen LogP contribution in [0, 0.1) is 0 Å². The number of primary amides is 1. The molecule has 0 aliphatic carbocycles. The van der Waals surface area contributed by atoms with Crippen LogP contribution in [-0.4, -0.2) is 13.0 Å². The van der Waals surface area contributed by atoms with Gasteiger partial charge in [0.1, 0.15) is 5.75 Å². The lowest BCUT2D eigenvalue weighted by Gasteiger charge is -2.15. The fourth-order valence-electron chi connectivity index (χ4n) is 3.40. The predicted octanol–water partition coefficient (Wildman–Crippen LogP) is 3.11. The predicted molar refractivity (Wildman–Crippen MR) is 111 cm³/mol. The number of methoxy groups -OCH3 is 1. The molecule has 30 heavy (non-hydrogen) atoms. The van der Waals surface area contributed by atoms with Crippen LogP contribution in [0.4, 0.5) is 0 Å². The molecule has 0 saturated carbocycles. The van der Waals surface area contributed by atoms with Crippen molar-refractivity contribution in [2.45, 2.75) is 6.42 Å². The van der Waals surface area contributed by atoms with Gasteiger partial charge < -0.3 is 19.3 Å². The molecule has 7 nitrogen and oxygen atoms in total. The normalized spacial score (nSPS) is 10.8. The van der Waals surface area contributed by atoms with Gasteiger partial charge in [-0.1, -0.05) is 42.5 Å². The molecule has 1 aromatic heterocycles. The number of carbonyl (C=O) groups is 1. The average Bonchev–Trinajstić information content (AvgIpc) is 2.75. The molecule has 4 rings (SSSR count). The SMILES string of the molecule is COc1ccc(-c2c(Cc3ccccc3)c(C(N)=O)cc3oc(=O)c(=O)oc23)cc1. The first kappa shape index (κ1) is 19.2. The minimum Gasteiger partial charge on any atom is -0.497 e. The Morgan fingerprint density at radius 1 is 0.967 bits per heavy atom. The summed E-state index contributed by atoms with van der Waals surface area (Å²) >= 11 is 0. The first-order chi connectivity index (χ1) is 14.5. The molecule has 4 aromatic rings. The molecule has 0 saturated heterocycles. The second kappa shape index (κ2) is 7.71. The van der Waals surface area contributed by atoms with E-state index in [1.165, 1.54) is 6.07 Å². The number of hydrogen-bond acceptors (Lipinski definition) is 6. The molecule has 0 atom stereocenters. The zero-order valence-electron chi connectivity index (χ0n) is 16.0. The number of nitrogens with two attached hydrogens (primary N) is 1. The maximum atomic E-state index is 12.3. The second-order valence-corrected chi connectivity index (χ2v) is 6.64. The first-order valence-electron chi connectivity index (χ1n) is 9.10. The number of fused-ring (bicyclic) bond motifs is 1. The van der Waals surface area contributed by atoms with Crippen LogP contribution in [0.5, 0.6) is 5.75 Å². The van der Waals surface area contributed by atoms with E-state index >= 15 is 0 Å². The molecule has 1 amide bonds. The molecular weight excluding hydrogens is 386 g/mol. The third-order valence-corrected chi connectivity index (χ3v) is 4.79. The van der Waals surface area contributed by atoms with Gasteiger partial charge in [-0.3, -0.25) is 4.79 Å². The summed E-state index contributed by atoms with van der Waals surface area (Å²) in [6.07, 6.45) is 0.346. The van der Waals surface area contributed by atoms with Gasteiger partial charge >= 0.3 is 11.3 Å². The summed E-state index contributed by atoms with van der Waals surface area (Å²) in [5.74, 6) is -0.0573. The average molecular weight is 403 g/mol. The molecule has 150 valence electrons. The number of rotatable bonds is 5. The lowest BCUT2D eigenvalue weighted by Crippen LogP contribution is -2.22. The van der Waals surface area contributed by atoms with Crippen molar-refractivity contribution in [3.05, 3.63) is 98.2 Å². The lowest BCUT2D eigenvalue weighted by molar-refractivity contribution is 0.0999. The fourth-order valence-corrected chi connectivity index (χ4v) is 3.40. The van der Waals surface area contributed by atoms with E-state index in [0.29, 0.717) is 28.9 Å². The monoisotopic (exact) mass is 403 g/mol. The van der Waals surface area contributed by atoms with E-state index in [4.69, 9.17) is 19.3 Å². The summed E-state index contributed by atoms with van der Waals surface area (Å²) in [4.78, 5) is 35.9. The molecular formula is C23H17NO6. The summed E-state index contributed by atoms with van der Waals surface area (Å²) in [5.41, 5.74) is 6.16. The summed E-state index contributed by atoms with van der Waals surface area (Å²) in [7, 11) is 1.55. The maximum Gasteiger partial charge on any atom is 0.423 e. The van der Waals surface area contributed by atoms with Crippen molar-refractivity contribution in [3.8, 4) is 16.9 Å². The molecule has 2 N–H and O–H groups in total. The Labute approximate surface area is 170 Å². The Kier molecular flexibility index (Phi) is 4.93. The summed E-state index contributed by atoms with van der Waals surface area (Å²) in [6.45, 7) is 0. The Hall–Kier alpha value is -4.13. The highest BCUT2D eigenvalue weighted by Gasteiger charge is 2.22. The van der Waals surface area contributed by atoms with Gasteiger partial charge in [0.05, 0.1) is 7.11 Å². The number of benzene rings is 3. The van der Waals surface area contributed by atoms with Crippen molar-refractivity contribution in [2.24, 2.45) is 5.73 Å². The van der Waals surface area contributed by atoms with Gasteiger partial charge in [0, 0.05) is 11.1 Å². The van der Waals surface area contributed by atoms with Crippen molar-refractivity contribution in [1.29, 1.82) is 0 Å². The molecule has 0 aliphatic heterocycles. The smallest absolute Gasteiger partial charge is 0.423 e. The first-order valence-corrected chi connectivity index (χ1v) is 9.10. The maximum absolute atomic E-state index is 12.3. The van der Waals surface area contributed by atoms with Crippen LogP contribution in [0.2, 0.25) is 0 Å². The molecule has 0 aliphatic rings. The highest BCUT2D eigenvalue weighted by molar-refractivity contribution is 6.03. The van der Waals surface area contributed by atoms with Gasteiger partial charge in [-0.2, -0.15) is 0 Å². The van der Waals surface area contributed by atoms with Gasteiger partial charge in [-0.25, -0.2) is 9.59 Å². The standard InChI is InChI=1S/C23H17NO6/c1-28-15-9-7-14(8-10-15)19-16(11-13-5-3-2-4-6-13)17(21(24)25)12-18-20(19)30-23(27)22(26)29-18/h2-10,12H,11H2,1H3,(H2,24,25). The third kappa shape index (κ3) is 3.48. The van der Waals surface area contributed by atoms with Crippen LogP contribution in [0.3, 0.4) is 0 Å². The van der Waals surface area contributed by atoms with Crippen LogP contribution in [-0.2, 0) is 6.42 Å². The van der Waals surface area contributed by atoms with Crippen LogP contribution < -0.4 is 21.7 Å². The van der Waals surface area contributed by atoms with E-state index in [0.717, 1.165) is 5.56 Å². The van der Waals surface area contributed by atoms with Crippen molar-refractivity contribution < 1.29 is 18.4 Å². The Bertz CT molecular complexity index is 1350. The van der Waals surface area contributed by atoms with E-state index < -0.39 is 17.2 Å². The van der Waals surface area contributed by atoms with Crippen molar-refractivity contribution >= 4 is 17.1 Å². The van der Waals surface area contributed by atoms with Crippen molar-refractivity contribution in [2.75, 3.05) is 7.11 Å². The van der Waals surface area contributed by atoms with E-state index in [1.54, 1.807) is 31.4 Å².